The van der Waals surface area contributed by atoms with E-state index in [1.54, 1.807) is 4.90 Å². The summed E-state index contributed by atoms with van der Waals surface area (Å²) in [5.41, 5.74) is 0.429. The average molecular weight is 576 g/mol. The third kappa shape index (κ3) is 10.1. The van der Waals surface area contributed by atoms with Crippen LogP contribution in [0.1, 0.15) is 78.9 Å². The number of nitrogens with zero attached hydrogens (tertiary/aromatic N) is 3. The second-order valence-electron chi connectivity index (χ2n) is 12.9. The van der Waals surface area contributed by atoms with E-state index in [1.807, 2.05) is 121 Å². The molecule has 1 aliphatic heterocycles. The van der Waals surface area contributed by atoms with E-state index in [0.717, 1.165) is 42.9 Å². The molecule has 2 aromatic carbocycles. The number of esters is 1. The molecule has 0 aromatic heterocycles. The van der Waals surface area contributed by atoms with Crippen LogP contribution in [-0.4, -0.2) is 77.0 Å². The molecule has 1 fully saturated rings. The van der Waals surface area contributed by atoms with E-state index in [1.165, 1.54) is 0 Å². The predicted octanol–water partition coefficient (Wildman–Crippen LogP) is 6.90. The summed E-state index contributed by atoms with van der Waals surface area (Å²) in [5, 5.41) is 0. The zero-order valence-corrected chi connectivity index (χ0v) is 26.6. The quantitative estimate of drug-likeness (QED) is 0.175. The lowest BCUT2D eigenvalue weighted by molar-refractivity contribution is -0.161. The maximum Gasteiger partial charge on any atom is 0.410 e. The minimum absolute atomic E-state index is 0.263. The number of ether oxygens (including phenoxy) is 2. The highest BCUT2D eigenvalue weighted by molar-refractivity contribution is 6.13. The highest BCUT2D eigenvalue weighted by atomic mass is 16.6. The third-order valence-electron chi connectivity index (χ3n) is 6.98. The first-order valence-electron chi connectivity index (χ1n) is 15.1. The molecule has 1 aliphatic rings. The van der Waals surface area contributed by atoms with Gasteiger partial charge in [-0.05, 0) is 67.9 Å². The lowest BCUT2D eigenvalue weighted by atomic mass is 9.88. The third-order valence-corrected chi connectivity index (χ3v) is 6.98. The van der Waals surface area contributed by atoms with Crippen molar-refractivity contribution in [3.05, 3.63) is 83.9 Å². The fraction of sp³-hybridized carbons (Fsp3) is 0.514. The van der Waals surface area contributed by atoms with Gasteiger partial charge in [0.2, 0.25) is 0 Å². The summed E-state index contributed by atoms with van der Waals surface area (Å²) >= 11 is 0. The standard InChI is InChI=1S/C35H49N3O4/c1-8-9-21-35(31(39)41-33(2,3)4,36-30(28-17-12-10-13-18-28)29-19-14-11-15-20-29)22-16-23-37-24-26-38(27-25-37)32(40)42-34(5,6)7/h8-15,17-20H,16,21-27H2,1-7H3. The number of carbonyl (C=O) groups excluding carboxylic acids is 2. The van der Waals surface area contributed by atoms with Crippen LogP contribution in [0.25, 0.3) is 0 Å². The summed E-state index contributed by atoms with van der Waals surface area (Å²) in [7, 11) is 0. The first kappa shape index (κ1) is 33.1. The molecule has 1 saturated heterocycles. The predicted molar refractivity (Wildman–Crippen MR) is 170 cm³/mol. The van der Waals surface area contributed by atoms with E-state index in [2.05, 4.69) is 4.90 Å². The van der Waals surface area contributed by atoms with E-state index in [0.29, 0.717) is 25.9 Å². The molecule has 42 heavy (non-hydrogen) atoms. The van der Waals surface area contributed by atoms with Crippen molar-refractivity contribution >= 4 is 17.8 Å². The van der Waals surface area contributed by atoms with Gasteiger partial charge in [0, 0.05) is 43.7 Å². The molecule has 1 amide bonds. The van der Waals surface area contributed by atoms with Crippen LogP contribution in [0.15, 0.2) is 77.8 Å². The molecule has 7 heteroatoms. The van der Waals surface area contributed by atoms with Crippen molar-refractivity contribution in [2.45, 2.75) is 84.5 Å². The minimum Gasteiger partial charge on any atom is -0.458 e. The SMILES string of the molecule is CC=CCC(CCCN1CCN(C(=O)OC(C)(C)C)CC1)(N=C(c1ccccc1)c1ccccc1)C(=O)OC(C)(C)C. The fourth-order valence-electron chi connectivity index (χ4n) is 4.90. The van der Waals surface area contributed by atoms with Gasteiger partial charge in [-0.2, -0.15) is 0 Å². The normalized spacial score (nSPS) is 16.1. The van der Waals surface area contributed by atoms with E-state index >= 15 is 0 Å². The van der Waals surface area contributed by atoms with Crippen LogP contribution in [-0.2, 0) is 14.3 Å². The average Bonchev–Trinajstić information content (AvgIpc) is 2.93. The van der Waals surface area contributed by atoms with Gasteiger partial charge < -0.3 is 14.4 Å². The van der Waals surface area contributed by atoms with Crippen LogP contribution < -0.4 is 0 Å². The van der Waals surface area contributed by atoms with Crippen molar-refractivity contribution in [2.75, 3.05) is 32.7 Å². The molecule has 0 saturated carbocycles. The zero-order chi connectivity index (χ0) is 30.8. The van der Waals surface area contributed by atoms with Crippen molar-refractivity contribution in [1.29, 1.82) is 0 Å². The van der Waals surface area contributed by atoms with E-state index in [9.17, 15) is 9.59 Å². The molecule has 0 N–H and O–H groups in total. The van der Waals surface area contributed by atoms with Crippen molar-refractivity contribution in [3.8, 4) is 0 Å². The summed E-state index contributed by atoms with van der Waals surface area (Å²) in [6.45, 7) is 16.9. The highest BCUT2D eigenvalue weighted by Gasteiger charge is 2.41. The number of benzene rings is 2. The van der Waals surface area contributed by atoms with Gasteiger partial charge in [0.05, 0.1) is 5.71 Å². The zero-order valence-electron chi connectivity index (χ0n) is 26.6. The van der Waals surface area contributed by atoms with Gasteiger partial charge in [0.1, 0.15) is 11.2 Å². The second-order valence-corrected chi connectivity index (χ2v) is 12.9. The van der Waals surface area contributed by atoms with Crippen LogP contribution >= 0.6 is 0 Å². The van der Waals surface area contributed by atoms with Gasteiger partial charge >= 0.3 is 12.1 Å². The molecule has 1 unspecified atom stereocenters. The Morgan fingerprint density at radius 2 is 1.33 bits per heavy atom. The topological polar surface area (TPSA) is 71.4 Å². The summed E-state index contributed by atoms with van der Waals surface area (Å²) in [6.07, 6.45) is 5.44. The lowest BCUT2D eigenvalue weighted by Gasteiger charge is -2.36. The molecule has 3 rings (SSSR count). The Balaban J connectivity index is 1.88. The minimum atomic E-state index is -1.10. The molecule has 7 nitrogen and oxygen atoms in total. The number of piperazine rings is 1. The number of hydrogen-bond acceptors (Lipinski definition) is 6. The molecule has 0 spiro atoms. The van der Waals surface area contributed by atoms with Crippen LogP contribution in [0.5, 0.6) is 0 Å². The fourth-order valence-corrected chi connectivity index (χ4v) is 4.90. The Morgan fingerprint density at radius 3 is 1.81 bits per heavy atom. The molecule has 228 valence electrons. The van der Waals surface area contributed by atoms with E-state index in [4.69, 9.17) is 14.5 Å². The van der Waals surface area contributed by atoms with Crippen LogP contribution in [0.4, 0.5) is 4.79 Å². The molecular weight excluding hydrogens is 526 g/mol. The number of aliphatic imine (C=N–C) groups is 1. The number of hydrogen-bond donors (Lipinski definition) is 0. The molecule has 1 atom stereocenters. The van der Waals surface area contributed by atoms with Crippen LogP contribution in [0.2, 0.25) is 0 Å². The molecule has 2 aromatic rings. The number of carbonyl (C=O) groups is 2. The maximum absolute atomic E-state index is 14.1. The monoisotopic (exact) mass is 575 g/mol. The van der Waals surface area contributed by atoms with Crippen LogP contribution in [0.3, 0.4) is 0 Å². The Kier molecular flexibility index (Phi) is 11.5. The number of rotatable bonds is 10. The summed E-state index contributed by atoms with van der Waals surface area (Å²) in [4.78, 5) is 36.0. The lowest BCUT2D eigenvalue weighted by Crippen LogP contribution is -2.50. The second kappa shape index (κ2) is 14.6. The maximum atomic E-state index is 14.1. The summed E-state index contributed by atoms with van der Waals surface area (Å²) < 4.78 is 11.6. The summed E-state index contributed by atoms with van der Waals surface area (Å²) in [5.74, 6) is -0.313. The van der Waals surface area contributed by atoms with Gasteiger partial charge in [-0.25, -0.2) is 9.59 Å². The van der Waals surface area contributed by atoms with Crippen LogP contribution in [0, 0.1) is 0 Å². The molecule has 1 heterocycles. The molecular formula is C35H49N3O4. The number of allylic oxidation sites excluding steroid dienone is 1. The van der Waals surface area contributed by atoms with Crippen molar-refractivity contribution in [3.63, 3.8) is 0 Å². The van der Waals surface area contributed by atoms with Crippen molar-refractivity contribution < 1.29 is 19.1 Å². The van der Waals surface area contributed by atoms with Gasteiger partial charge in [-0.1, -0.05) is 72.8 Å². The Labute approximate surface area is 252 Å². The first-order chi connectivity index (χ1) is 19.8. The molecule has 0 aliphatic carbocycles. The molecule has 0 bridgehead atoms. The van der Waals surface area contributed by atoms with Crippen molar-refractivity contribution in [1.82, 2.24) is 9.80 Å². The van der Waals surface area contributed by atoms with Gasteiger partial charge in [-0.3, -0.25) is 9.89 Å². The summed E-state index contributed by atoms with van der Waals surface area (Å²) in [6, 6.07) is 20.1. The van der Waals surface area contributed by atoms with Gasteiger partial charge in [0.25, 0.3) is 0 Å². The highest BCUT2D eigenvalue weighted by Crippen LogP contribution is 2.31. The smallest absolute Gasteiger partial charge is 0.410 e. The Bertz CT molecular complexity index is 1160. The largest absolute Gasteiger partial charge is 0.458 e. The Morgan fingerprint density at radius 1 is 0.810 bits per heavy atom. The van der Waals surface area contributed by atoms with Gasteiger partial charge in [-0.15, -0.1) is 0 Å². The number of amides is 1. The Hall–Kier alpha value is -3.45. The van der Waals surface area contributed by atoms with Gasteiger partial charge in [0.15, 0.2) is 5.54 Å². The molecule has 0 radical (unpaired) electrons. The van der Waals surface area contributed by atoms with E-state index < -0.39 is 16.7 Å². The van der Waals surface area contributed by atoms with Crippen molar-refractivity contribution in [2.24, 2.45) is 4.99 Å². The first-order valence-corrected chi connectivity index (χ1v) is 15.1. The van der Waals surface area contributed by atoms with E-state index in [-0.39, 0.29) is 12.1 Å².